The van der Waals surface area contributed by atoms with E-state index in [2.05, 4.69) is 54.7 Å². The normalized spacial score (nSPS) is 10.4. The Bertz CT molecular complexity index is 522. The van der Waals surface area contributed by atoms with Crippen LogP contribution in [0.2, 0.25) is 0 Å². The highest BCUT2D eigenvalue weighted by Gasteiger charge is 1.99. The molecule has 0 spiro atoms. The molecule has 0 heterocycles. The van der Waals surface area contributed by atoms with Gasteiger partial charge in [0.15, 0.2) is 0 Å². The van der Waals surface area contributed by atoms with Crippen molar-refractivity contribution in [2.24, 2.45) is 0 Å². The molecule has 0 bridgehead atoms. The summed E-state index contributed by atoms with van der Waals surface area (Å²) in [6, 6.07) is 17.0. The number of hydrogen-bond acceptors (Lipinski definition) is 1. The molecule has 0 unspecified atom stereocenters. The third-order valence-electron chi connectivity index (χ3n) is 3.23. The minimum Gasteiger partial charge on any atom is -0.497 e. The lowest BCUT2D eigenvalue weighted by Crippen LogP contribution is -2.83. The highest BCUT2D eigenvalue weighted by molar-refractivity contribution is 5.28. The first kappa shape index (κ1) is 13.6. The molecule has 0 atom stereocenters. The molecule has 0 amide bonds. The molecule has 2 heteroatoms. The zero-order chi connectivity index (χ0) is 13.5. The van der Waals surface area contributed by atoms with Crippen molar-refractivity contribution >= 4 is 0 Å². The van der Waals surface area contributed by atoms with Gasteiger partial charge in [0.2, 0.25) is 0 Å². The minimum absolute atomic E-state index is 0.941. The minimum atomic E-state index is 0.941. The zero-order valence-electron chi connectivity index (χ0n) is 11.7. The molecule has 2 N–H and O–H groups in total. The first-order chi connectivity index (χ1) is 9.28. The summed E-state index contributed by atoms with van der Waals surface area (Å²) < 4.78 is 5.23. The van der Waals surface area contributed by atoms with Crippen LogP contribution in [0, 0.1) is 6.92 Å². The van der Waals surface area contributed by atoms with E-state index in [-0.39, 0.29) is 0 Å². The van der Waals surface area contributed by atoms with E-state index in [0.29, 0.717) is 0 Å². The lowest BCUT2D eigenvalue weighted by Gasteiger charge is -2.05. The van der Waals surface area contributed by atoms with Crippen LogP contribution in [-0.2, 0) is 13.0 Å². The van der Waals surface area contributed by atoms with Gasteiger partial charge >= 0.3 is 0 Å². The van der Waals surface area contributed by atoms with Crippen LogP contribution in [0.3, 0.4) is 0 Å². The molecule has 100 valence electrons. The maximum Gasteiger partial charge on any atom is 0.119 e. The largest absolute Gasteiger partial charge is 0.497 e. The average molecular weight is 256 g/mol. The van der Waals surface area contributed by atoms with Gasteiger partial charge in [0.05, 0.1) is 13.7 Å². The van der Waals surface area contributed by atoms with Gasteiger partial charge < -0.3 is 10.1 Å². The van der Waals surface area contributed by atoms with E-state index in [1.165, 1.54) is 16.7 Å². The van der Waals surface area contributed by atoms with Gasteiger partial charge in [0, 0.05) is 12.0 Å². The van der Waals surface area contributed by atoms with Crippen LogP contribution in [-0.4, -0.2) is 13.7 Å². The standard InChI is InChI=1S/C17H21NO/c1-14-5-3-7-16(11-14)13-18-10-9-15-6-4-8-17(12-15)19-2/h3-8,11-12,18H,9-10,13H2,1-2H3/p+1. The van der Waals surface area contributed by atoms with Crippen LogP contribution in [0.5, 0.6) is 5.75 Å². The summed E-state index contributed by atoms with van der Waals surface area (Å²) in [5.74, 6) is 0.941. The molecule has 2 rings (SSSR count). The third kappa shape index (κ3) is 4.42. The average Bonchev–Trinajstić information content (AvgIpc) is 2.44. The van der Waals surface area contributed by atoms with Gasteiger partial charge in [0.1, 0.15) is 12.3 Å². The number of methoxy groups -OCH3 is 1. The molecule has 0 aromatic heterocycles. The summed E-state index contributed by atoms with van der Waals surface area (Å²) in [7, 11) is 1.71. The number of nitrogens with two attached hydrogens (primary N) is 1. The monoisotopic (exact) mass is 256 g/mol. The predicted octanol–water partition coefficient (Wildman–Crippen LogP) is 2.31. The van der Waals surface area contributed by atoms with Crippen LogP contribution in [0.15, 0.2) is 48.5 Å². The molecule has 0 fully saturated rings. The van der Waals surface area contributed by atoms with Crippen molar-refractivity contribution < 1.29 is 10.1 Å². The Hall–Kier alpha value is -1.80. The Morgan fingerprint density at radius 2 is 1.79 bits per heavy atom. The Morgan fingerprint density at radius 3 is 2.58 bits per heavy atom. The molecule has 0 saturated heterocycles. The number of ether oxygens (including phenoxy) is 1. The fourth-order valence-electron chi connectivity index (χ4n) is 2.20. The Labute approximate surface area is 115 Å². The molecule has 2 aromatic rings. The molecule has 0 aliphatic rings. The molecule has 0 aliphatic carbocycles. The fourth-order valence-corrected chi connectivity index (χ4v) is 2.20. The third-order valence-corrected chi connectivity index (χ3v) is 3.23. The summed E-state index contributed by atoms with van der Waals surface area (Å²) in [4.78, 5) is 0. The maximum absolute atomic E-state index is 5.23. The van der Waals surface area contributed by atoms with E-state index in [9.17, 15) is 0 Å². The summed E-state index contributed by atoms with van der Waals surface area (Å²) in [6.07, 6.45) is 1.07. The molecule has 0 aliphatic heterocycles. The van der Waals surface area contributed by atoms with Gasteiger partial charge in [-0.2, -0.15) is 0 Å². The van der Waals surface area contributed by atoms with Crippen LogP contribution in [0.1, 0.15) is 16.7 Å². The Kier molecular flexibility index (Phi) is 4.99. The van der Waals surface area contributed by atoms with Crippen molar-refractivity contribution in [2.45, 2.75) is 19.9 Å². The topological polar surface area (TPSA) is 25.8 Å². The van der Waals surface area contributed by atoms with Crippen LogP contribution >= 0.6 is 0 Å². The number of aryl methyl sites for hydroxylation is 1. The van der Waals surface area contributed by atoms with Gasteiger partial charge in [-0.3, -0.25) is 0 Å². The quantitative estimate of drug-likeness (QED) is 0.789. The Balaban J connectivity index is 1.77. The van der Waals surface area contributed by atoms with Crippen molar-refractivity contribution in [1.29, 1.82) is 0 Å². The molecular formula is C17H22NO+. The molecule has 19 heavy (non-hydrogen) atoms. The number of rotatable bonds is 6. The van der Waals surface area contributed by atoms with Crippen molar-refractivity contribution in [3.05, 3.63) is 65.2 Å². The smallest absolute Gasteiger partial charge is 0.119 e. The van der Waals surface area contributed by atoms with Gasteiger partial charge in [-0.1, -0.05) is 42.0 Å². The second-order valence-corrected chi connectivity index (χ2v) is 4.87. The number of benzene rings is 2. The van der Waals surface area contributed by atoms with E-state index in [1.807, 2.05) is 6.07 Å². The number of hydrogen-bond donors (Lipinski definition) is 1. The highest BCUT2D eigenvalue weighted by atomic mass is 16.5. The molecule has 0 saturated carbocycles. The van der Waals surface area contributed by atoms with Gasteiger partial charge in [-0.25, -0.2) is 0 Å². The SMILES string of the molecule is COc1cccc(CC[NH2+]Cc2cccc(C)c2)c1. The van der Waals surface area contributed by atoms with E-state index < -0.39 is 0 Å². The van der Waals surface area contributed by atoms with Gasteiger partial charge in [0.25, 0.3) is 0 Å². The molecule has 0 radical (unpaired) electrons. The van der Waals surface area contributed by atoms with Crippen molar-refractivity contribution in [2.75, 3.05) is 13.7 Å². The second kappa shape index (κ2) is 6.95. The van der Waals surface area contributed by atoms with Crippen molar-refractivity contribution in [3.8, 4) is 5.75 Å². The first-order valence-corrected chi connectivity index (χ1v) is 6.78. The lowest BCUT2D eigenvalue weighted by atomic mass is 10.1. The van der Waals surface area contributed by atoms with Crippen LogP contribution in [0.25, 0.3) is 0 Å². The maximum atomic E-state index is 5.23. The molecular weight excluding hydrogens is 234 g/mol. The second-order valence-electron chi connectivity index (χ2n) is 4.87. The highest BCUT2D eigenvalue weighted by Crippen LogP contribution is 2.12. The van der Waals surface area contributed by atoms with Crippen molar-refractivity contribution in [3.63, 3.8) is 0 Å². The zero-order valence-corrected chi connectivity index (χ0v) is 11.7. The molecule has 2 aromatic carbocycles. The van der Waals surface area contributed by atoms with Gasteiger partial charge in [-0.05, 0) is 24.6 Å². The van der Waals surface area contributed by atoms with Crippen molar-refractivity contribution in [1.82, 2.24) is 0 Å². The summed E-state index contributed by atoms with van der Waals surface area (Å²) in [6.45, 7) is 4.28. The van der Waals surface area contributed by atoms with E-state index in [1.54, 1.807) is 7.11 Å². The fraction of sp³-hybridized carbons (Fsp3) is 0.294. The van der Waals surface area contributed by atoms with Crippen LogP contribution in [0.4, 0.5) is 0 Å². The Morgan fingerprint density at radius 1 is 1.00 bits per heavy atom. The lowest BCUT2D eigenvalue weighted by molar-refractivity contribution is -0.670. The van der Waals surface area contributed by atoms with Gasteiger partial charge in [-0.15, -0.1) is 0 Å². The first-order valence-electron chi connectivity index (χ1n) is 6.78. The number of quaternary nitrogens is 1. The summed E-state index contributed by atoms with van der Waals surface area (Å²) >= 11 is 0. The summed E-state index contributed by atoms with van der Waals surface area (Å²) in [5.41, 5.74) is 4.06. The molecule has 2 nitrogen and oxygen atoms in total. The summed E-state index contributed by atoms with van der Waals surface area (Å²) in [5, 5.41) is 2.36. The van der Waals surface area contributed by atoms with E-state index in [4.69, 9.17) is 4.74 Å². The predicted molar refractivity (Wildman–Crippen MR) is 78.4 cm³/mol. The van der Waals surface area contributed by atoms with E-state index in [0.717, 1.165) is 25.3 Å². The van der Waals surface area contributed by atoms with E-state index >= 15 is 0 Å². The van der Waals surface area contributed by atoms with Crippen LogP contribution < -0.4 is 10.1 Å².